The Bertz CT molecular complexity index is 439. The van der Waals surface area contributed by atoms with E-state index in [4.69, 9.17) is 11.6 Å². The van der Waals surface area contributed by atoms with E-state index in [1.807, 2.05) is 0 Å². The molecular weight excluding hydrogens is 273 g/mol. The molecule has 0 aromatic heterocycles. The van der Waals surface area contributed by atoms with Crippen molar-refractivity contribution in [3.05, 3.63) is 34.6 Å². The first-order valence-corrected chi connectivity index (χ1v) is 7.72. The number of halogens is 2. The highest BCUT2D eigenvalue weighted by Gasteiger charge is 2.27. The van der Waals surface area contributed by atoms with Gasteiger partial charge in [-0.15, -0.1) is 0 Å². The second-order valence-corrected chi connectivity index (χ2v) is 7.51. The third-order valence-electron chi connectivity index (χ3n) is 3.52. The zero-order chi connectivity index (χ0) is 15.4. The van der Waals surface area contributed by atoms with Gasteiger partial charge in [-0.05, 0) is 62.8 Å². The van der Waals surface area contributed by atoms with Crippen molar-refractivity contribution in [3.63, 3.8) is 0 Å². The first-order chi connectivity index (χ1) is 9.15. The van der Waals surface area contributed by atoms with Gasteiger partial charge in [0.2, 0.25) is 0 Å². The minimum atomic E-state index is -0.160. The van der Waals surface area contributed by atoms with Crippen molar-refractivity contribution in [1.82, 2.24) is 5.32 Å². The minimum absolute atomic E-state index is 0.0353. The van der Waals surface area contributed by atoms with Crippen LogP contribution in [0, 0.1) is 11.2 Å². The number of benzene rings is 1. The number of rotatable bonds is 6. The van der Waals surface area contributed by atoms with Crippen LogP contribution in [-0.4, -0.2) is 12.1 Å². The van der Waals surface area contributed by atoms with E-state index in [0.29, 0.717) is 17.0 Å². The third kappa shape index (κ3) is 5.80. The molecule has 1 rings (SSSR count). The van der Waals surface area contributed by atoms with Crippen LogP contribution in [0.3, 0.4) is 0 Å². The Balaban J connectivity index is 2.87. The summed E-state index contributed by atoms with van der Waals surface area (Å²) < 4.78 is 13.9. The molecule has 0 aliphatic rings. The molecule has 0 aliphatic carbocycles. The first kappa shape index (κ1) is 17.5. The van der Waals surface area contributed by atoms with Crippen molar-refractivity contribution in [3.8, 4) is 0 Å². The monoisotopic (exact) mass is 299 g/mol. The molecular formula is C17H27ClFN. The fourth-order valence-corrected chi connectivity index (χ4v) is 2.65. The molecule has 0 saturated carbocycles. The highest BCUT2D eigenvalue weighted by molar-refractivity contribution is 6.30. The summed E-state index contributed by atoms with van der Waals surface area (Å²) in [6.45, 7) is 11.7. The van der Waals surface area contributed by atoms with Crippen LogP contribution in [-0.2, 0) is 6.42 Å². The minimum Gasteiger partial charge on any atom is -0.312 e. The Morgan fingerprint density at radius 2 is 1.85 bits per heavy atom. The van der Waals surface area contributed by atoms with Crippen LogP contribution in [0.1, 0.15) is 53.0 Å². The van der Waals surface area contributed by atoms with Crippen LogP contribution in [0.15, 0.2) is 18.2 Å². The van der Waals surface area contributed by atoms with Crippen LogP contribution in [0.2, 0.25) is 5.02 Å². The van der Waals surface area contributed by atoms with Gasteiger partial charge in [0.15, 0.2) is 0 Å². The molecule has 0 spiro atoms. The van der Waals surface area contributed by atoms with Crippen molar-refractivity contribution < 1.29 is 4.39 Å². The van der Waals surface area contributed by atoms with Gasteiger partial charge in [-0.1, -0.05) is 31.9 Å². The van der Waals surface area contributed by atoms with E-state index in [1.54, 1.807) is 12.1 Å². The summed E-state index contributed by atoms with van der Waals surface area (Å²) in [6, 6.07) is 4.81. The summed E-state index contributed by atoms with van der Waals surface area (Å²) in [4.78, 5) is 0. The number of hydrogen-bond donors (Lipinski definition) is 1. The van der Waals surface area contributed by atoms with E-state index in [9.17, 15) is 4.39 Å². The molecule has 20 heavy (non-hydrogen) atoms. The van der Waals surface area contributed by atoms with Crippen LogP contribution in [0.5, 0.6) is 0 Å². The Hall–Kier alpha value is -0.600. The van der Waals surface area contributed by atoms with E-state index in [1.165, 1.54) is 6.07 Å². The number of nitrogens with one attached hydrogen (secondary N) is 1. The maximum Gasteiger partial charge on any atom is 0.126 e. The maximum atomic E-state index is 13.9. The van der Waals surface area contributed by atoms with Crippen LogP contribution in [0.4, 0.5) is 4.39 Å². The molecule has 0 aliphatic heterocycles. The topological polar surface area (TPSA) is 12.0 Å². The Morgan fingerprint density at radius 1 is 1.20 bits per heavy atom. The largest absolute Gasteiger partial charge is 0.312 e. The van der Waals surface area contributed by atoms with Crippen LogP contribution in [0.25, 0.3) is 0 Å². The van der Waals surface area contributed by atoms with Crippen molar-refractivity contribution >= 4 is 11.6 Å². The summed E-state index contributed by atoms with van der Waals surface area (Å²) in [6.07, 6.45) is 2.85. The quantitative estimate of drug-likeness (QED) is 0.759. The summed E-state index contributed by atoms with van der Waals surface area (Å²) in [5, 5.41) is 4.15. The lowest BCUT2D eigenvalue weighted by Crippen LogP contribution is -2.43. The predicted octanol–water partition coefficient (Wildman–Crippen LogP) is 5.22. The molecule has 0 radical (unpaired) electrons. The number of hydrogen-bond acceptors (Lipinski definition) is 1. The second-order valence-electron chi connectivity index (χ2n) is 7.08. The van der Waals surface area contributed by atoms with Gasteiger partial charge in [0.05, 0.1) is 0 Å². The van der Waals surface area contributed by atoms with Gasteiger partial charge in [0.1, 0.15) is 5.82 Å². The zero-order valence-corrected chi connectivity index (χ0v) is 14.1. The van der Waals surface area contributed by atoms with E-state index in [0.717, 1.165) is 19.4 Å². The lowest BCUT2D eigenvalue weighted by atomic mass is 9.79. The predicted molar refractivity (Wildman–Crippen MR) is 85.9 cm³/mol. The van der Waals surface area contributed by atoms with Gasteiger partial charge in [-0.25, -0.2) is 4.39 Å². The average Bonchev–Trinajstić information content (AvgIpc) is 2.31. The summed E-state index contributed by atoms with van der Waals surface area (Å²) in [7, 11) is 0. The van der Waals surface area contributed by atoms with Crippen molar-refractivity contribution in [2.75, 3.05) is 6.54 Å². The van der Waals surface area contributed by atoms with Crippen molar-refractivity contribution in [1.29, 1.82) is 0 Å². The van der Waals surface area contributed by atoms with Crippen molar-refractivity contribution in [2.24, 2.45) is 5.41 Å². The first-order valence-electron chi connectivity index (χ1n) is 7.34. The molecule has 0 fully saturated rings. The van der Waals surface area contributed by atoms with Gasteiger partial charge in [0, 0.05) is 17.1 Å². The average molecular weight is 300 g/mol. The van der Waals surface area contributed by atoms with Crippen molar-refractivity contribution in [2.45, 2.75) is 59.4 Å². The molecule has 1 atom stereocenters. The normalized spacial score (nSPS) is 15.2. The lowest BCUT2D eigenvalue weighted by Gasteiger charge is -2.34. The highest BCUT2D eigenvalue weighted by atomic mass is 35.5. The molecule has 1 unspecified atom stereocenters. The van der Waals surface area contributed by atoms with Crippen LogP contribution >= 0.6 is 11.6 Å². The fourth-order valence-electron chi connectivity index (χ4n) is 2.46. The smallest absolute Gasteiger partial charge is 0.126 e. The molecule has 114 valence electrons. The summed E-state index contributed by atoms with van der Waals surface area (Å²) in [5.41, 5.74) is 0.819. The van der Waals surface area contributed by atoms with E-state index in [-0.39, 0.29) is 16.8 Å². The molecule has 1 aromatic rings. The third-order valence-corrected chi connectivity index (χ3v) is 3.76. The van der Waals surface area contributed by atoms with Gasteiger partial charge < -0.3 is 5.32 Å². The van der Waals surface area contributed by atoms with E-state index in [2.05, 4.69) is 39.9 Å². The molecule has 1 aromatic carbocycles. The van der Waals surface area contributed by atoms with Gasteiger partial charge in [0.25, 0.3) is 0 Å². The molecule has 1 nitrogen and oxygen atoms in total. The fraction of sp³-hybridized carbons (Fsp3) is 0.647. The highest BCUT2D eigenvalue weighted by Crippen LogP contribution is 2.30. The Kier molecular flexibility index (Phi) is 6.03. The van der Waals surface area contributed by atoms with Crippen LogP contribution < -0.4 is 5.32 Å². The molecule has 1 N–H and O–H groups in total. The van der Waals surface area contributed by atoms with E-state index < -0.39 is 0 Å². The molecule has 3 heteroatoms. The zero-order valence-electron chi connectivity index (χ0n) is 13.3. The maximum absolute atomic E-state index is 13.9. The standard InChI is InChI=1S/C17H27ClFN/c1-6-9-17(5,12-20-16(2,3)4)11-13-10-14(18)7-8-15(13)19/h7-8,10,20H,6,9,11-12H2,1-5H3. The Morgan fingerprint density at radius 3 is 2.40 bits per heavy atom. The van der Waals surface area contributed by atoms with E-state index >= 15 is 0 Å². The van der Waals surface area contributed by atoms with Gasteiger partial charge >= 0.3 is 0 Å². The summed E-state index contributed by atoms with van der Waals surface area (Å²) in [5.74, 6) is -0.160. The molecule has 0 heterocycles. The molecule has 0 bridgehead atoms. The SMILES string of the molecule is CCCC(C)(CNC(C)(C)C)Cc1cc(Cl)ccc1F. The van der Waals surface area contributed by atoms with Gasteiger partial charge in [-0.2, -0.15) is 0 Å². The second kappa shape index (κ2) is 6.91. The molecule has 0 saturated heterocycles. The summed E-state index contributed by atoms with van der Waals surface area (Å²) >= 11 is 5.99. The lowest BCUT2D eigenvalue weighted by molar-refractivity contribution is 0.241. The molecule has 0 amide bonds. The van der Waals surface area contributed by atoms with Gasteiger partial charge in [-0.3, -0.25) is 0 Å². The Labute approximate surface area is 127 Å².